The highest BCUT2D eigenvalue weighted by Gasteiger charge is 2.30. The molecule has 5 heteroatoms. The molecular formula is C18H21N3O2. The van der Waals surface area contributed by atoms with Crippen LogP contribution in [0.2, 0.25) is 0 Å². The second kappa shape index (κ2) is 6.77. The van der Waals surface area contributed by atoms with Crippen molar-refractivity contribution in [2.75, 3.05) is 13.7 Å². The summed E-state index contributed by atoms with van der Waals surface area (Å²) in [5.74, 6) is 1.49. The van der Waals surface area contributed by atoms with Gasteiger partial charge in [0.1, 0.15) is 17.3 Å². The van der Waals surface area contributed by atoms with E-state index in [0.717, 1.165) is 37.1 Å². The van der Waals surface area contributed by atoms with Crippen molar-refractivity contribution in [3.05, 3.63) is 53.6 Å². The lowest BCUT2D eigenvalue weighted by Crippen LogP contribution is -2.37. The Bertz CT molecular complexity index is 702. The zero-order chi connectivity index (χ0) is 16.2. The number of para-hydroxylation sites is 1. The number of carbonyl (C=O) groups is 1. The molecule has 23 heavy (non-hydrogen) atoms. The molecule has 1 aliphatic rings. The number of carbonyl (C=O) groups excluding carboxylic acids is 1. The molecule has 120 valence electrons. The minimum Gasteiger partial charge on any atom is -0.496 e. The maximum Gasteiger partial charge on any atom is 0.272 e. The van der Waals surface area contributed by atoms with Crippen LogP contribution < -0.4 is 4.74 Å². The van der Waals surface area contributed by atoms with Gasteiger partial charge < -0.3 is 9.64 Å². The van der Waals surface area contributed by atoms with Crippen molar-refractivity contribution in [3.63, 3.8) is 0 Å². The van der Waals surface area contributed by atoms with Gasteiger partial charge in [-0.1, -0.05) is 18.2 Å². The molecule has 0 aliphatic carbocycles. The number of nitrogens with zero attached hydrogens (tertiary/aromatic N) is 3. The number of aryl methyl sites for hydroxylation is 1. The van der Waals surface area contributed by atoms with Crippen molar-refractivity contribution in [2.45, 2.75) is 32.2 Å². The molecule has 1 fully saturated rings. The van der Waals surface area contributed by atoms with Crippen LogP contribution in [0.1, 0.15) is 34.7 Å². The summed E-state index contributed by atoms with van der Waals surface area (Å²) in [4.78, 5) is 23.0. The van der Waals surface area contributed by atoms with E-state index in [-0.39, 0.29) is 11.9 Å². The monoisotopic (exact) mass is 311 g/mol. The molecule has 1 aliphatic heterocycles. The Labute approximate surface area is 136 Å². The Morgan fingerprint density at radius 1 is 1.35 bits per heavy atom. The zero-order valence-corrected chi connectivity index (χ0v) is 13.5. The van der Waals surface area contributed by atoms with Crippen LogP contribution >= 0.6 is 0 Å². The Morgan fingerprint density at radius 2 is 2.17 bits per heavy atom. The lowest BCUT2D eigenvalue weighted by Gasteiger charge is -2.25. The molecule has 3 rings (SSSR count). The molecule has 0 saturated carbocycles. The Hall–Kier alpha value is -2.43. The fraction of sp³-hybridized carbons (Fsp3) is 0.389. The summed E-state index contributed by atoms with van der Waals surface area (Å²) < 4.78 is 5.43. The normalized spacial score (nSPS) is 17.3. The van der Waals surface area contributed by atoms with E-state index in [9.17, 15) is 4.79 Å². The van der Waals surface area contributed by atoms with Crippen LogP contribution in [0.15, 0.2) is 36.5 Å². The summed E-state index contributed by atoms with van der Waals surface area (Å²) in [6.07, 6.45) is 4.48. The van der Waals surface area contributed by atoms with Gasteiger partial charge in [-0.05, 0) is 43.9 Å². The van der Waals surface area contributed by atoms with Crippen molar-refractivity contribution in [2.24, 2.45) is 0 Å². The number of likely N-dealkylation sites (tertiary alicyclic amines) is 1. The first-order valence-corrected chi connectivity index (χ1v) is 7.91. The van der Waals surface area contributed by atoms with Gasteiger partial charge in [-0.25, -0.2) is 9.97 Å². The Morgan fingerprint density at radius 3 is 2.96 bits per heavy atom. The summed E-state index contributed by atoms with van der Waals surface area (Å²) in [6, 6.07) is 9.87. The van der Waals surface area contributed by atoms with Crippen LogP contribution in [0.3, 0.4) is 0 Å². The largest absolute Gasteiger partial charge is 0.496 e. The second-order valence-electron chi connectivity index (χ2n) is 5.80. The highest BCUT2D eigenvalue weighted by Crippen LogP contribution is 2.26. The third-order valence-corrected chi connectivity index (χ3v) is 4.28. The summed E-state index contributed by atoms with van der Waals surface area (Å²) in [5.41, 5.74) is 1.61. The zero-order valence-electron chi connectivity index (χ0n) is 13.5. The van der Waals surface area contributed by atoms with E-state index in [1.807, 2.05) is 23.1 Å². The van der Waals surface area contributed by atoms with Crippen LogP contribution in [0.5, 0.6) is 5.75 Å². The number of rotatable bonds is 4. The molecule has 0 N–H and O–H groups in total. The Kier molecular flexibility index (Phi) is 4.55. The average Bonchev–Trinajstić information content (AvgIpc) is 3.03. The van der Waals surface area contributed by atoms with Crippen molar-refractivity contribution in [3.8, 4) is 5.75 Å². The van der Waals surface area contributed by atoms with Crippen molar-refractivity contribution >= 4 is 5.91 Å². The quantitative estimate of drug-likeness (QED) is 0.871. The van der Waals surface area contributed by atoms with Gasteiger partial charge in [-0.2, -0.15) is 0 Å². The number of benzene rings is 1. The highest BCUT2D eigenvalue weighted by molar-refractivity contribution is 5.92. The molecule has 0 bridgehead atoms. The first-order valence-electron chi connectivity index (χ1n) is 7.91. The third-order valence-electron chi connectivity index (χ3n) is 4.28. The minimum atomic E-state index is -0.00658. The van der Waals surface area contributed by atoms with Crippen molar-refractivity contribution in [1.29, 1.82) is 0 Å². The predicted octanol–water partition coefficient (Wildman–Crippen LogP) is 2.64. The van der Waals surface area contributed by atoms with E-state index in [1.54, 1.807) is 26.3 Å². The average molecular weight is 311 g/mol. The fourth-order valence-electron chi connectivity index (χ4n) is 3.16. The first-order chi connectivity index (χ1) is 11.2. The van der Waals surface area contributed by atoms with Gasteiger partial charge in [0, 0.05) is 18.8 Å². The summed E-state index contributed by atoms with van der Waals surface area (Å²) in [6.45, 7) is 2.58. The van der Waals surface area contributed by atoms with E-state index in [0.29, 0.717) is 11.5 Å². The van der Waals surface area contributed by atoms with Crippen LogP contribution in [0.25, 0.3) is 0 Å². The Balaban J connectivity index is 1.79. The van der Waals surface area contributed by atoms with Gasteiger partial charge in [-0.3, -0.25) is 4.79 Å². The van der Waals surface area contributed by atoms with Gasteiger partial charge in [-0.15, -0.1) is 0 Å². The number of hydrogen-bond acceptors (Lipinski definition) is 4. The highest BCUT2D eigenvalue weighted by atomic mass is 16.5. The third kappa shape index (κ3) is 3.33. The van der Waals surface area contributed by atoms with Crippen LogP contribution in [-0.4, -0.2) is 40.5 Å². The molecule has 2 heterocycles. The molecular weight excluding hydrogens is 290 g/mol. The first kappa shape index (κ1) is 15.5. The number of aromatic nitrogens is 2. The number of hydrogen-bond donors (Lipinski definition) is 0. The van der Waals surface area contributed by atoms with E-state index in [1.165, 1.54) is 0 Å². The molecule has 1 atom stereocenters. The SMILES string of the molecule is COc1ccccc1CC1CCCN1C(=O)c1ccnc(C)n1. The van der Waals surface area contributed by atoms with E-state index in [2.05, 4.69) is 16.0 Å². The number of methoxy groups -OCH3 is 1. The molecule has 1 unspecified atom stereocenters. The molecule has 1 saturated heterocycles. The van der Waals surface area contributed by atoms with Crippen LogP contribution in [0.4, 0.5) is 0 Å². The van der Waals surface area contributed by atoms with Crippen LogP contribution in [0, 0.1) is 6.92 Å². The van der Waals surface area contributed by atoms with Crippen molar-refractivity contribution in [1.82, 2.24) is 14.9 Å². The molecule has 1 amide bonds. The lowest BCUT2D eigenvalue weighted by molar-refractivity contribution is 0.0729. The number of ether oxygens (including phenoxy) is 1. The van der Waals surface area contributed by atoms with Gasteiger partial charge in [0.25, 0.3) is 5.91 Å². The number of amides is 1. The topological polar surface area (TPSA) is 55.3 Å². The van der Waals surface area contributed by atoms with E-state index < -0.39 is 0 Å². The predicted molar refractivity (Wildman–Crippen MR) is 87.5 cm³/mol. The fourth-order valence-corrected chi connectivity index (χ4v) is 3.16. The van der Waals surface area contributed by atoms with Gasteiger partial charge in [0.2, 0.25) is 0 Å². The maximum atomic E-state index is 12.8. The summed E-state index contributed by atoms with van der Waals surface area (Å²) in [7, 11) is 1.68. The van der Waals surface area contributed by atoms with Crippen molar-refractivity contribution < 1.29 is 9.53 Å². The molecule has 5 nitrogen and oxygen atoms in total. The van der Waals surface area contributed by atoms with E-state index in [4.69, 9.17) is 4.74 Å². The lowest BCUT2D eigenvalue weighted by atomic mass is 10.0. The summed E-state index contributed by atoms with van der Waals surface area (Å²) >= 11 is 0. The van der Waals surface area contributed by atoms with Gasteiger partial charge >= 0.3 is 0 Å². The van der Waals surface area contributed by atoms with Gasteiger partial charge in [0.15, 0.2) is 0 Å². The summed E-state index contributed by atoms with van der Waals surface area (Å²) in [5, 5.41) is 0. The van der Waals surface area contributed by atoms with E-state index >= 15 is 0 Å². The smallest absolute Gasteiger partial charge is 0.272 e. The standard InChI is InChI=1S/C18H21N3O2/c1-13-19-10-9-16(20-13)18(22)21-11-5-7-15(21)12-14-6-3-4-8-17(14)23-2/h3-4,6,8-10,15H,5,7,11-12H2,1-2H3. The molecule has 1 aromatic heterocycles. The van der Waals surface area contributed by atoms with Crippen LogP contribution in [-0.2, 0) is 6.42 Å². The molecule has 2 aromatic rings. The maximum absolute atomic E-state index is 12.8. The molecule has 0 radical (unpaired) electrons. The second-order valence-corrected chi connectivity index (χ2v) is 5.80. The molecule has 0 spiro atoms. The minimum absolute atomic E-state index is 0.00658. The van der Waals surface area contributed by atoms with Gasteiger partial charge in [0.05, 0.1) is 7.11 Å². The molecule has 1 aromatic carbocycles.